The molecular weight excluding hydrogens is 374 g/mol. The van der Waals surface area contributed by atoms with E-state index in [1.54, 1.807) is 32.4 Å². The number of hydrogen-bond acceptors (Lipinski definition) is 3. The van der Waals surface area contributed by atoms with E-state index >= 15 is 0 Å². The van der Waals surface area contributed by atoms with Gasteiger partial charge in [0, 0.05) is 6.08 Å². The minimum absolute atomic E-state index is 0.269. The Balaban J connectivity index is 1.97. The van der Waals surface area contributed by atoms with Crippen LogP contribution in [-0.2, 0) is 4.79 Å². The van der Waals surface area contributed by atoms with Crippen molar-refractivity contribution in [3.8, 4) is 11.5 Å². The fourth-order valence-electron chi connectivity index (χ4n) is 2.74. The average molecular weight is 394 g/mol. The second-order valence-corrected chi connectivity index (χ2v) is 6.39. The quantitative estimate of drug-likeness (QED) is 0.568. The van der Waals surface area contributed by atoms with Crippen molar-refractivity contribution in [3.05, 3.63) is 95.0 Å². The second-order valence-electron chi connectivity index (χ2n) is 5.98. The Morgan fingerprint density at radius 2 is 1.32 bits per heavy atom. The van der Waals surface area contributed by atoms with Crippen molar-refractivity contribution in [2.24, 2.45) is 0 Å². The molecule has 0 aliphatic carbocycles. The molecule has 1 N–H and O–H groups in total. The van der Waals surface area contributed by atoms with Gasteiger partial charge in [0.1, 0.15) is 11.5 Å². The van der Waals surface area contributed by atoms with Crippen molar-refractivity contribution in [2.75, 3.05) is 19.5 Å². The van der Waals surface area contributed by atoms with Gasteiger partial charge in [-0.2, -0.15) is 0 Å². The molecule has 0 aliphatic heterocycles. The molecule has 3 aromatic rings. The normalized spacial score (nSPS) is 10.1. The summed E-state index contributed by atoms with van der Waals surface area (Å²) < 4.78 is 10.5. The van der Waals surface area contributed by atoms with Gasteiger partial charge < -0.3 is 14.8 Å². The predicted molar refractivity (Wildman–Crippen MR) is 113 cm³/mol. The van der Waals surface area contributed by atoms with Gasteiger partial charge in [-0.25, -0.2) is 0 Å². The molecule has 0 bridgehead atoms. The molecular formula is C23H20ClNO3. The molecule has 0 atom stereocenters. The average Bonchev–Trinajstić information content (AvgIpc) is 2.74. The summed E-state index contributed by atoms with van der Waals surface area (Å²) in [5.41, 5.74) is 3.12. The summed E-state index contributed by atoms with van der Waals surface area (Å²) in [6.45, 7) is 0. The van der Waals surface area contributed by atoms with Gasteiger partial charge in [-0.15, -0.1) is 0 Å². The zero-order valence-electron chi connectivity index (χ0n) is 15.6. The highest BCUT2D eigenvalue weighted by Crippen LogP contribution is 2.27. The lowest BCUT2D eigenvalue weighted by Crippen LogP contribution is -2.09. The molecule has 4 nitrogen and oxygen atoms in total. The van der Waals surface area contributed by atoms with Gasteiger partial charge in [0.05, 0.1) is 24.9 Å². The zero-order chi connectivity index (χ0) is 19.9. The number of nitrogens with one attached hydrogen (secondary N) is 1. The minimum Gasteiger partial charge on any atom is -0.497 e. The fraction of sp³-hybridized carbons (Fsp3) is 0.0870. The van der Waals surface area contributed by atoms with E-state index in [9.17, 15) is 4.79 Å². The molecule has 0 spiro atoms. The molecule has 0 radical (unpaired) electrons. The molecule has 3 aromatic carbocycles. The van der Waals surface area contributed by atoms with E-state index in [-0.39, 0.29) is 5.91 Å². The van der Waals surface area contributed by atoms with Gasteiger partial charge in [0.2, 0.25) is 5.91 Å². The monoisotopic (exact) mass is 393 g/mol. The predicted octanol–water partition coefficient (Wildman–Crippen LogP) is 5.43. The first-order valence-corrected chi connectivity index (χ1v) is 9.04. The van der Waals surface area contributed by atoms with Crippen LogP contribution < -0.4 is 14.8 Å². The molecule has 3 rings (SSSR count). The molecule has 28 heavy (non-hydrogen) atoms. The number of carbonyl (C=O) groups excluding carboxylic acids is 1. The minimum atomic E-state index is -0.269. The Morgan fingerprint density at radius 3 is 1.79 bits per heavy atom. The lowest BCUT2D eigenvalue weighted by atomic mass is 9.97. The molecule has 0 saturated heterocycles. The topological polar surface area (TPSA) is 47.6 Å². The van der Waals surface area contributed by atoms with Crippen molar-refractivity contribution in [1.29, 1.82) is 0 Å². The summed E-state index contributed by atoms with van der Waals surface area (Å²) in [6.07, 6.45) is 1.56. The van der Waals surface area contributed by atoms with Gasteiger partial charge in [-0.05, 0) is 53.1 Å². The van der Waals surface area contributed by atoms with Crippen molar-refractivity contribution in [1.82, 2.24) is 0 Å². The number of rotatable bonds is 6. The lowest BCUT2D eigenvalue weighted by Gasteiger charge is -2.11. The Hall–Kier alpha value is -3.24. The molecule has 0 saturated carbocycles. The number of ether oxygens (including phenoxy) is 2. The number of benzene rings is 3. The van der Waals surface area contributed by atoms with Crippen molar-refractivity contribution >= 4 is 28.8 Å². The van der Waals surface area contributed by atoms with Crippen LogP contribution in [0, 0.1) is 0 Å². The van der Waals surface area contributed by atoms with Gasteiger partial charge in [-0.3, -0.25) is 4.79 Å². The third-order valence-corrected chi connectivity index (χ3v) is 4.54. The third-order valence-electron chi connectivity index (χ3n) is 4.21. The maximum absolute atomic E-state index is 12.7. The summed E-state index contributed by atoms with van der Waals surface area (Å²) in [6, 6.07) is 22.2. The van der Waals surface area contributed by atoms with E-state index in [0.717, 1.165) is 28.2 Å². The van der Waals surface area contributed by atoms with Crippen LogP contribution >= 0.6 is 11.6 Å². The van der Waals surface area contributed by atoms with E-state index in [4.69, 9.17) is 21.1 Å². The largest absolute Gasteiger partial charge is 0.497 e. The maximum atomic E-state index is 12.7. The first-order chi connectivity index (χ1) is 13.6. The van der Waals surface area contributed by atoms with Crippen molar-refractivity contribution in [2.45, 2.75) is 0 Å². The summed E-state index contributed by atoms with van der Waals surface area (Å²) in [5, 5.41) is 3.31. The summed E-state index contributed by atoms with van der Waals surface area (Å²) >= 11 is 6.14. The van der Waals surface area contributed by atoms with Crippen LogP contribution in [-0.4, -0.2) is 20.1 Å². The van der Waals surface area contributed by atoms with Crippen molar-refractivity contribution < 1.29 is 14.3 Å². The Morgan fingerprint density at radius 1 is 0.821 bits per heavy atom. The smallest absolute Gasteiger partial charge is 0.249 e. The first-order valence-electron chi connectivity index (χ1n) is 8.67. The molecule has 0 unspecified atom stereocenters. The third kappa shape index (κ3) is 4.72. The van der Waals surface area contributed by atoms with Gasteiger partial charge in [-0.1, -0.05) is 48.0 Å². The fourth-order valence-corrected chi connectivity index (χ4v) is 2.92. The highest BCUT2D eigenvalue weighted by atomic mass is 35.5. The first kappa shape index (κ1) is 19.5. The Kier molecular flexibility index (Phi) is 6.35. The van der Waals surface area contributed by atoms with Crippen LogP contribution in [0.4, 0.5) is 5.69 Å². The van der Waals surface area contributed by atoms with Gasteiger partial charge >= 0.3 is 0 Å². The van der Waals surface area contributed by atoms with Crippen LogP contribution in [0.5, 0.6) is 11.5 Å². The maximum Gasteiger partial charge on any atom is 0.249 e. The molecule has 0 aromatic heterocycles. The number of para-hydroxylation sites is 1. The van der Waals surface area contributed by atoms with E-state index in [2.05, 4.69) is 5.32 Å². The lowest BCUT2D eigenvalue weighted by molar-refractivity contribution is -0.111. The highest BCUT2D eigenvalue weighted by molar-refractivity contribution is 6.33. The van der Waals surface area contributed by atoms with E-state index < -0.39 is 0 Å². The Bertz CT molecular complexity index is 930. The van der Waals surface area contributed by atoms with Gasteiger partial charge in [0.15, 0.2) is 0 Å². The standard InChI is InChI=1S/C23H20ClNO3/c1-27-18-11-7-16(8-12-18)20(17-9-13-19(28-2)14-10-17)15-23(26)25-22-6-4-3-5-21(22)24/h3-15H,1-2H3,(H,25,26). The van der Waals surface area contributed by atoms with E-state index in [1.807, 2.05) is 60.7 Å². The number of methoxy groups -OCH3 is 2. The molecule has 0 fully saturated rings. The number of halogens is 1. The second kappa shape index (κ2) is 9.11. The van der Waals surface area contributed by atoms with E-state index in [0.29, 0.717) is 10.7 Å². The zero-order valence-corrected chi connectivity index (χ0v) is 16.4. The van der Waals surface area contributed by atoms with Crippen LogP contribution in [0.1, 0.15) is 11.1 Å². The molecule has 1 amide bonds. The number of amides is 1. The number of anilines is 1. The number of carbonyl (C=O) groups is 1. The van der Waals surface area contributed by atoms with Crippen LogP contribution in [0.15, 0.2) is 78.9 Å². The van der Waals surface area contributed by atoms with Crippen LogP contribution in [0.25, 0.3) is 5.57 Å². The SMILES string of the molecule is COc1ccc(C(=CC(=O)Nc2ccccc2Cl)c2ccc(OC)cc2)cc1. The van der Waals surface area contributed by atoms with Crippen LogP contribution in [0.2, 0.25) is 5.02 Å². The van der Waals surface area contributed by atoms with E-state index in [1.165, 1.54) is 0 Å². The number of hydrogen-bond donors (Lipinski definition) is 1. The molecule has 0 aliphatic rings. The summed E-state index contributed by atoms with van der Waals surface area (Å²) in [5.74, 6) is 1.23. The van der Waals surface area contributed by atoms with Crippen molar-refractivity contribution in [3.63, 3.8) is 0 Å². The molecule has 142 valence electrons. The van der Waals surface area contributed by atoms with Gasteiger partial charge in [0.25, 0.3) is 0 Å². The highest BCUT2D eigenvalue weighted by Gasteiger charge is 2.10. The molecule has 0 heterocycles. The summed E-state index contributed by atoms with van der Waals surface area (Å²) in [7, 11) is 3.23. The molecule has 5 heteroatoms. The van der Waals surface area contributed by atoms with Crippen LogP contribution in [0.3, 0.4) is 0 Å². The summed E-state index contributed by atoms with van der Waals surface area (Å²) in [4.78, 5) is 12.7. The Labute approximate surface area is 169 Å².